The summed E-state index contributed by atoms with van der Waals surface area (Å²) in [5, 5.41) is 9.92. The number of hydrogen-bond donors (Lipinski definition) is 2. The van der Waals surface area contributed by atoms with Gasteiger partial charge in [0.05, 0.1) is 0 Å². The molecule has 0 radical (unpaired) electrons. The standard InChI is InChI=1S/C13H19NO/c1-9-11-5-3-2-4-10(11)8-13(15)12(9)6-7-14/h8,15H,2-7,14H2,1H3. The molecule has 3 N–H and O–H groups in total. The van der Waals surface area contributed by atoms with Crippen LogP contribution in [0.2, 0.25) is 0 Å². The maximum Gasteiger partial charge on any atom is 0.119 e. The van der Waals surface area contributed by atoms with E-state index in [-0.39, 0.29) is 0 Å². The zero-order chi connectivity index (χ0) is 10.8. The second kappa shape index (κ2) is 4.23. The number of hydrogen-bond acceptors (Lipinski definition) is 2. The molecule has 0 bridgehead atoms. The first kappa shape index (κ1) is 10.5. The number of phenols is 1. The highest BCUT2D eigenvalue weighted by molar-refractivity contribution is 5.49. The van der Waals surface area contributed by atoms with Crippen molar-refractivity contribution in [3.05, 3.63) is 28.3 Å². The first-order chi connectivity index (χ1) is 7.24. The van der Waals surface area contributed by atoms with Crippen LogP contribution in [-0.4, -0.2) is 11.7 Å². The Morgan fingerprint density at radius 1 is 1.33 bits per heavy atom. The van der Waals surface area contributed by atoms with Gasteiger partial charge in [-0.15, -0.1) is 0 Å². The van der Waals surface area contributed by atoms with E-state index >= 15 is 0 Å². The number of fused-ring (bicyclic) bond motifs is 1. The summed E-state index contributed by atoms with van der Waals surface area (Å²) in [4.78, 5) is 0. The summed E-state index contributed by atoms with van der Waals surface area (Å²) < 4.78 is 0. The third-order valence-electron chi connectivity index (χ3n) is 3.43. The van der Waals surface area contributed by atoms with Crippen LogP contribution in [0.25, 0.3) is 0 Å². The van der Waals surface area contributed by atoms with Crippen molar-refractivity contribution >= 4 is 0 Å². The molecule has 0 heterocycles. The van der Waals surface area contributed by atoms with Crippen LogP contribution >= 0.6 is 0 Å². The highest BCUT2D eigenvalue weighted by atomic mass is 16.3. The van der Waals surface area contributed by atoms with Gasteiger partial charge in [-0.25, -0.2) is 0 Å². The van der Waals surface area contributed by atoms with E-state index in [1.165, 1.54) is 36.0 Å². The van der Waals surface area contributed by atoms with Gasteiger partial charge in [0.15, 0.2) is 0 Å². The van der Waals surface area contributed by atoms with Gasteiger partial charge in [0.2, 0.25) is 0 Å². The molecule has 0 atom stereocenters. The van der Waals surface area contributed by atoms with Crippen LogP contribution in [0.3, 0.4) is 0 Å². The molecule has 1 aliphatic carbocycles. The molecule has 2 heteroatoms. The van der Waals surface area contributed by atoms with Crippen molar-refractivity contribution in [3.8, 4) is 5.75 Å². The molecule has 2 nitrogen and oxygen atoms in total. The monoisotopic (exact) mass is 205 g/mol. The third-order valence-corrected chi connectivity index (χ3v) is 3.43. The van der Waals surface area contributed by atoms with Crippen molar-refractivity contribution in [2.75, 3.05) is 6.54 Å². The van der Waals surface area contributed by atoms with Crippen LogP contribution in [0.4, 0.5) is 0 Å². The van der Waals surface area contributed by atoms with Gasteiger partial charge in [0.1, 0.15) is 5.75 Å². The molecular formula is C13H19NO. The van der Waals surface area contributed by atoms with Crippen molar-refractivity contribution < 1.29 is 5.11 Å². The fourth-order valence-corrected chi connectivity index (χ4v) is 2.60. The molecule has 0 fully saturated rings. The molecule has 2 rings (SSSR count). The lowest BCUT2D eigenvalue weighted by Crippen LogP contribution is -2.10. The minimum absolute atomic E-state index is 0.443. The molecule has 1 aliphatic rings. The number of aryl methyl sites for hydroxylation is 1. The van der Waals surface area contributed by atoms with Gasteiger partial charge in [-0.1, -0.05) is 0 Å². The Hall–Kier alpha value is -1.02. The fourth-order valence-electron chi connectivity index (χ4n) is 2.60. The topological polar surface area (TPSA) is 46.2 Å². The summed E-state index contributed by atoms with van der Waals surface area (Å²) in [7, 11) is 0. The van der Waals surface area contributed by atoms with Gasteiger partial charge >= 0.3 is 0 Å². The molecule has 1 aromatic rings. The second-order valence-electron chi connectivity index (χ2n) is 4.38. The number of phenolic OH excluding ortho intramolecular Hbond substituents is 1. The van der Waals surface area contributed by atoms with E-state index < -0.39 is 0 Å². The summed E-state index contributed by atoms with van der Waals surface area (Å²) in [6.45, 7) is 2.72. The van der Waals surface area contributed by atoms with E-state index in [2.05, 4.69) is 6.92 Å². The number of rotatable bonds is 2. The smallest absolute Gasteiger partial charge is 0.119 e. The quantitative estimate of drug-likeness (QED) is 0.776. The Morgan fingerprint density at radius 3 is 2.80 bits per heavy atom. The minimum atomic E-state index is 0.443. The Kier molecular flexibility index (Phi) is 2.96. The summed E-state index contributed by atoms with van der Waals surface area (Å²) in [6.07, 6.45) is 5.60. The zero-order valence-corrected chi connectivity index (χ0v) is 9.34. The van der Waals surface area contributed by atoms with Gasteiger partial charge in [0, 0.05) is 0 Å². The minimum Gasteiger partial charge on any atom is -0.508 e. The molecular weight excluding hydrogens is 186 g/mol. The van der Waals surface area contributed by atoms with Crippen LogP contribution in [0.5, 0.6) is 5.75 Å². The maximum absolute atomic E-state index is 9.92. The Labute approximate surface area is 91.1 Å². The van der Waals surface area contributed by atoms with E-state index in [9.17, 15) is 5.11 Å². The lowest BCUT2D eigenvalue weighted by atomic mass is 9.85. The lowest BCUT2D eigenvalue weighted by Gasteiger charge is -2.21. The molecule has 0 amide bonds. The summed E-state index contributed by atoms with van der Waals surface area (Å²) in [6, 6.07) is 1.95. The third kappa shape index (κ3) is 1.86. The zero-order valence-electron chi connectivity index (χ0n) is 9.34. The Balaban J connectivity index is 2.49. The average Bonchev–Trinajstić information content (AvgIpc) is 2.24. The van der Waals surface area contributed by atoms with E-state index in [1.54, 1.807) is 0 Å². The van der Waals surface area contributed by atoms with Gasteiger partial charge in [-0.3, -0.25) is 0 Å². The molecule has 82 valence electrons. The molecule has 0 saturated carbocycles. The van der Waals surface area contributed by atoms with Gasteiger partial charge in [-0.05, 0) is 73.9 Å². The predicted molar refractivity (Wildman–Crippen MR) is 62.2 cm³/mol. The van der Waals surface area contributed by atoms with E-state index in [0.29, 0.717) is 12.3 Å². The summed E-state index contributed by atoms with van der Waals surface area (Å²) in [5.74, 6) is 0.443. The maximum atomic E-state index is 9.92. The van der Waals surface area contributed by atoms with Crippen molar-refractivity contribution in [1.82, 2.24) is 0 Å². The Morgan fingerprint density at radius 2 is 2.07 bits per heavy atom. The van der Waals surface area contributed by atoms with Crippen molar-refractivity contribution in [3.63, 3.8) is 0 Å². The molecule has 0 spiro atoms. The van der Waals surface area contributed by atoms with Gasteiger partial charge in [0.25, 0.3) is 0 Å². The van der Waals surface area contributed by atoms with Crippen LogP contribution in [-0.2, 0) is 19.3 Å². The van der Waals surface area contributed by atoms with E-state index in [0.717, 1.165) is 18.4 Å². The number of aromatic hydroxyl groups is 1. The highest BCUT2D eigenvalue weighted by Crippen LogP contribution is 2.32. The molecule has 0 aromatic heterocycles. The largest absolute Gasteiger partial charge is 0.508 e. The highest BCUT2D eigenvalue weighted by Gasteiger charge is 2.16. The SMILES string of the molecule is Cc1c(CCN)c(O)cc2c1CCCC2. The van der Waals surface area contributed by atoms with Crippen LogP contribution < -0.4 is 5.73 Å². The molecule has 1 aromatic carbocycles. The summed E-state index contributed by atoms with van der Waals surface area (Å²) >= 11 is 0. The predicted octanol–water partition coefficient (Wildman–Crippen LogP) is 2.08. The average molecular weight is 205 g/mol. The first-order valence-electron chi connectivity index (χ1n) is 5.77. The second-order valence-corrected chi connectivity index (χ2v) is 4.38. The van der Waals surface area contributed by atoms with Crippen molar-refractivity contribution in [2.24, 2.45) is 5.73 Å². The number of nitrogens with two attached hydrogens (primary N) is 1. The normalized spacial score (nSPS) is 15.1. The van der Waals surface area contributed by atoms with Crippen LogP contribution in [0.15, 0.2) is 6.07 Å². The van der Waals surface area contributed by atoms with Crippen molar-refractivity contribution in [2.45, 2.75) is 39.0 Å². The van der Waals surface area contributed by atoms with E-state index in [1.807, 2.05) is 6.07 Å². The van der Waals surface area contributed by atoms with Gasteiger partial charge < -0.3 is 10.8 Å². The van der Waals surface area contributed by atoms with Crippen molar-refractivity contribution in [1.29, 1.82) is 0 Å². The molecule has 0 saturated heterocycles. The Bertz CT molecular complexity index is 371. The first-order valence-corrected chi connectivity index (χ1v) is 5.77. The van der Waals surface area contributed by atoms with Crippen LogP contribution in [0, 0.1) is 6.92 Å². The number of benzene rings is 1. The van der Waals surface area contributed by atoms with Crippen LogP contribution in [0.1, 0.15) is 35.1 Å². The molecule has 0 aliphatic heterocycles. The van der Waals surface area contributed by atoms with Gasteiger partial charge in [-0.2, -0.15) is 0 Å². The molecule has 0 unspecified atom stereocenters. The summed E-state index contributed by atoms with van der Waals surface area (Å²) in [5.41, 5.74) is 10.7. The van der Waals surface area contributed by atoms with E-state index in [4.69, 9.17) is 5.73 Å². The molecule has 15 heavy (non-hydrogen) atoms. The lowest BCUT2D eigenvalue weighted by molar-refractivity contribution is 0.465. The fraction of sp³-hybridized carbons (Fsp3) is 0.538.